The number of hydrogen-bond donors (Lipinski definition) is 2. The number of aromatic nitrogens is 2. The summed E-state index contributed by atoms with van der Waals surface area (Å²) in [6.07, 6.45) is 2.96. The third kappa shape index (κ3) is 1.76. The predicted molar refractivity (Wildman–Crippen MR) is 69.0 cm³/mol. The van der Waals surface area contributed by atoms with E-state index in [-0.39, 0.29) is 12.3 Å². The van der Waals surface area contributed by atoms with Crippen molar-refractivity contribution >= 4 is 11.6 Å². The van der Waals surface area contributed by atoms with Crippen LogP contribution in [0, 0.1) is 0 Å². The van der Waals surface area contributed by atoms with Gasteiger partial charge in [0.25, 0.3) is 0 Å². The minimum absolute atomic E-state index is 0.142. The van der Waals surface area contributed by atoms with E-state index in [0.29, 0.717) is 0 Å². The molecule has 2 aliphatic heterocycles. The van der Waals surface area contributed by atoms with Crippen molar-refractivity contribution in [2.45, 2.75) is 31.6 Å². The highest BCUT2D eigenvalue weighted by Gasteiger charge is 2.32. The molecule has 6 nitrogen and oxygen atoms in total. The minimum Gasteiger partial charge on any atom is -0.370 e. The van der Waals surface area contributed by atoms with Gasteiger partial charge in [-0.2, -0.15) is 5.10 Å². The predicted octanol–water partition coefficient (Wildman–Crippen LogP) is 1.22. The first-order valence-electron chi connectivity index (χ1n) is 6.50. The normalized spacial score (nSPS) is 22.1. The van der Waals surface area contributed by atoms with E-state index in [2.05, 4.69) is 15.7 Å². The van der Waals surface area contributed by atoms with Gasteiger partial charge in [0.1, 0.15) is 11.9 Å². The molecule has 2 N–H and O–H groups in total. The molecule has 18 heavy (non-hydrogen) atoms. The van der Waals surface area contributed by atoms with E-state index in [0.717, 1.165) is 44.0 Å². The molecule has 2 aliphatic rings. The maximum atomic E-state index is 5.40. The minimum atomic E-state index is -0.243. The summed E-state index contributed by atoms with van der Waals surface area (Å²) in [6.45, 7) is 1.94. The Bertz CT molecular complexity index is 428. The summed E-state index contributed by atoms with van der Waals surface area (Å²) in [5.74, 6) is 2.15. The zero-order valence-electron chi connectivity index (χ0n) is 10.9. The van der Waals surface area contributed by atoms with Gasteiger partial charge in [-0.25, -0.2) is 4.68 Å². The Morgan fingerprint density at radius 3 is 2.89 bits per heavy atom. The molecule has 0 bridgehead atoms. The van der Waals surface area contributed by atoms with Crippen LogP contribution >= 0.6 is 0 Å². The van der Waals surface area contributed by atoms with Crippen molar-refractivity contribution in [2.24, 2.45) is 0 Å². The molecular formula is C12H20N4O2. The van der Waals surface area contributed by atoms with Crippen LogP contribution in [0.3, 0.4) is 0 Å². The molecule has 0 saturated carbocycles. The van der Waals surface area contributed by atoms with Crippen LogP contribution in [-0.4, -0.2) is 43.4 Å². The van der Waals surface area contributed by atoms with Crippen molar-refractivity contribution in [1.29, 1.82) is 0 Å². The third-order valence-corrected chi connectivity index (χ3v) is 3.73. The SMILES string of the molecule is COC(OC)C1CCNc2c3c(nn21)NCCC3. The summed E-state index contributed by atoms with van der Waals surface area (Å²) in [7, 11) is 3.36. The average Bonchev–Trinajstić information content (AvgIpc) is 2.80. The summed E-state index contributed by atoms with van der Waals surface area (Å²) < 4.78 is 12.8. The Kier molecular flexibility index (Phi) is 3.13. The summed E-state index contributed by atoms with van der Waals surface area (Å²) in [4.78, 5) is 0. The molecule has 6 heteroatoms. The zero-order valence-corrected chi connectivity index (χ0v) is 10.9. The van der Waals surface area contributed by atoms with Gasteiger partial charge in [-0.05, 0) is 19.3 Å². The van der Waals surface area contributed by atoms with Crippen molar-refractivity contribution in [1.82, 2.24) is 9.78 Å². The fourth-order valence-electron chi connectivity index (χ4n) is 2.87. The van der Waals surface area contributed by atoms with Crippen LogP contribution < -0.4 is 10.6 Å². The van der Waals surface area contributed by atoms with Crippen molar-refractivity contribution < 1.29 is 9.47 Å². The maximum Gasteiger partial charge on any atom is 0.179 e. The number of methoxy groups -OCH3 is 2. The van der Waals surface area contributed by atoms with E-state index in [1.54, 1.807) is 14.2 Å². The lowest BCUT2D eigenvalue weighted by Crippen LogP contribution is -2.34. The Morgan fingerprint density at radius 2 is 2.11 bits per heavy atom. The third-order valence-electron chi connectivity index (χ3n) is 3.73. The second kappa shape index (κ2) is 4.78. The summed E-state index contributed by atoms with van der Waals surface area (Å²) in [5, 5.41) is 11.5. The highest BCUT2D eigenvalue weighted by molar-refractivity contribution is 5.61. The number of anilines is 2. The molecule has 1 aromatic rings. The molecule has 3 heterocycles. The van der Waals surface area contributed by atoms with E-state index >= 15 is 0 Å². The molecular weight excluding hydrogens is 232 g/mol. The molecule has 0 fully saturated rings. The molecule has 0 amide bonds. The van der Waals surface area contributed by atoms with Crippen LogP contribution in [0.25, 0.3) is 0 Å². The molecule has 0 aliphatic carbocycles. The molecule has 1 unspecified atom stereocenters. The summed E-state index contributed by atoms with van der Waals surface area (Å²) in [6, 6.07) is 0.142. The monoisotopic (exact) mass is 252 g/mol. The van der Waals surface area contributed by atoms with E-state index in [1.165, 1.54) is 5.56 Å². The fraction of sp³-hybridized carbons (Fsp3) is 0.750. The van der Waals surface area contributed by atoms with E-state index in [1.807, 2.05) is 4.68 Å². The van der Waals surface area contributed by atoms with Crippen molar-refractivity contribution in [2.75, 3.05) is 37.9 Å². The topological polar surface area (TPSA) is 60.3 Å². The summed E-state index contributed by atoms with van der Waals surface area (Å²) >= 11 is 0. The van der Waals surface area contributed by atoms with Gasteiger partial charge in [0.15, 0.2) is 12.1 Å². The number of fused-ring (bicyclic) bond motifs is 3. The van der Waals surface area contributed by atoms with Crippen LogP contribution in [0.15, 0.2) is 0 Å². The molecule has 1 aromatic heterocycles. The van der Waals surface area contributed by atoms with Crippen LogP contribution in [0.4, 0.5) is 11.6 Å². The van der Waals surface area contributed by atoms with Gasteiger partial charge < -0.3 is 20.1 Å². The van der Waals surface area contributed by atoms with Gasteiger partial charge >= 0.3 is 0 Å². The number of hydrogen-bond acceptors (Lipinski definition) is 5. The molecule has 0 aromatic carbocycles. The lowest BCUT2D eigenvalue weighted by atomic mass is 10.1. The Balaban J connectivity index is 1.98. The molecule has 100 valence electrons. The molecule has 0 radical (unpaired) electrons. The van der Waals surface area contributed by atoms with Gasteiger partial charge in [-0.15, -0.1) is 0 Å². The van der Waals surface area contributed by atoms with Crippen LogP contribution in [0.2, 0.25) is 0 Å². The van der Waals surface area contributed by atoms with Crippen molar-refractivity contribution in [3.8, 4) is 0 Å². The Morgan fingerprint density at radius 1 is 1.28 bits per heavy atom. The van der Waals surface area contributed by atoms with Crippen LogP contribution in [-0.2, 0) is 15.9 Å². The highest BCUT2D eigenvalue weighted by Crippen LogP contribution is 2.36. The first-order chi connectivity index (χ1) is 8.85. The average molecular weight is 252 g/mol. The van der Waals surface area contributed by atoms with E-state index in [4.69, 9.17) is 9.47 Å². The van der Waals surface area contributed by atoms with Gasteiger partial charge in [0.2, 0.25) is 0 Å². The molecule has 0 spiro atoms. The lowest BCUT2D eigenvalue weighted by Gasteiger charge is -2.30. The largest absolute Gasteiger partial charge is 0.370 e. The van der Waals surface area contributed by atoms with E-state index in [9.17, 15) is 0 Å². The maximum absolute atomic E-state index is 5.40. The zero-order chi connectivity index (χ0) is 12.5. The van der Waals surface area contributed by atoms with Crippen molar-refractivity contribution in [3.05, 3.63) is 5.56 Å². The number of nitrogens with one attached hydrogen (secondary N) is 2. The van der Waals surface area contributed by atoms with Gasteiger partial charge in [0, 0.05) is 32.9 Å². The number of rotatable bonds is 3. The quantitative estimate of drug-likeness (QED) is 0.792. The standard InChI is InChI=1S/C12H20N4O2/c1-17-12(18-2)9-5-7-14-11-8-4-3-6-13-10(8)15-16(9)11/h9,12,14H,3-7H2,1-2H3,(H,13,15). The van der Waals surface area contributed by atoms with Gasteiger partial charge in [-0.3, -0.25) is 0 Å². The van der Waals surface area contributed by atoms with Gasteiger partial charge in [-0.1, -0.05) is 0 Å². The number of nitrogens with zero attached hydrogens (tertiary/aromatic N) is 2. The smallest absolute Gasteiger partial charge is 0.179 e. The molecule has 0 saturated heterocycles. The number of ether oxygens (including phenoxy) is 2. The molecule has 3 rings (SSSR count). The Hall–Kier alpha value is -1.27. The van der Waals surface area contributed by atoms with Crippen molar-refractivity contribution in [3.63, 3.8) is 0 Å². The first-order valence-corrected chi connectivity index (χ1v) is 6.50. The second-order valence-corrected chi connectivity index (χ2v) is 4.77. The Labute approximate surface area is 107 Å². The summed E-state index contributed by atoms with van der Waals surface area (Å²) in [5.41, 5.74) is 1.30. The highest BCUT2D eigenvalue weighted by atomic mass is 16.7. The van der Waals surface area contributed by atoms with Gasteiger partial charge in [0.05, 0.1) is 0 Å². The lowest BCUT2D eigenvalue weighted by molar-refractivity contribution is -0.135. The van der Waals surface area contributed by atoms with E-state index < -0.39 is 0 Å². The van der Waals surface area contributed by atoms with Crippen LogP contribution in [0.1, 0.15) is 24.4 Å². The second-order valence-electron chi connectivity index (χ2n) is 4.77. The fourth-order valence-corrected chi connectivity index (χ4v) is 2.87. The molecule has 1 atom stereocenters. The first kappa shape index (κ1) is 11.8. The van der Waals surface area contributed by atoms with Crippen LogP contribution in [0.5, 0.6) is 0 Å².